The van der Waals surface area contributed by atoms with E-state index in [1.807, 2.05) is 6.07 Å². The first-order chi connectivity index (χ1) is 9.47. The molecule has 104 valence electrons. The molecule has 0 radical (unpaired) electrons. The monoisotopic (exact) mass is 356 g/mol. The van der Waals surface area contributed by atoms with Gasteiger partial charge in [-0.05, 0) is 35.9 Å². The van der Waals surface area contributed by atoms with Crippen LogP contribution in [-0.4, -0.2) is 15.3 Å². The molecule has 1 atom stereocenters. The summed E-state index contributed by atoms with van der Waals surface area (Å²) in [5.74, 6) is -1.71. The Morgan fingerprint density at radius 3 is 2.65 bits per heavy atom. The quantitative estimate of drug-likeness (QED) is 0.910. The minimum absolute atomic E-state index is 0.0796. The van der Waals surface area contributed by atoms with Crippen molar-refractivity contribution >= 4 is 32.7 Å². The Labute approximate surface area is 126 Å². The Morgan fingerprint density at radius 2 is 2.00 bits per heavy atom. The lowest BCUT2D eigenvalue weighted by Crippen LogP contribution is -2.03. The molecule has 0 saturated heterocycles. The van der Waals surface area contributed by atoms with Gasteiger partial charge < -0.3 is 5.11 Å². The van der Waals surface area contributed by atoms with Gasteiger partial charge >= 0.3 is 5.97 Å². The van der Waals surface area contributed by atoms with Gasteiger partial charge in [0.25, 0.3) is 0 Å². The highest BCUT2D eigenvalue weighted by molar-refractivity contribution is 9.10. The van der Waals surface area contributed by atoms with Crippen molar-refractivity contribution in [2.24, 2.45) is 0 Å². The lowest BCUT2D eigenvalue weighted by atomic mass is 10.2. The van der Waals surface area contributed by atoms with Crippen molar-refractivity contribution in [1.29, 1.82) is 0 Å². The number of carbonyl (C=O) groups is 1. The second-order valence-corrected chi connectivity index (χ2v) is 6.41. The fourth-order valence-electron chi connectivity index (χ4n) is 1.67. The van der Waals surface area contributed by atoms with E-state index < -0.39 is 22.6 Å². The number of halogens is 2. The number of hydrogen-bond acceptors (Lipinski definition) is 2. The highest BCUT2D eigenvalue weighted by atomic mass is 79.9. The molecule has 1 N–H and O–H groups in total. The van der Waals surface area contributed by atoms with Gasteiger partial charge in [-0.25, -0.2) is 9.18 Å². The first kappa shape index (κ1) is 14.9. The third kappa shape index (κ3) is 3.52. The van der Waals surface area contributed by atoms with Crippen LogP contribution in [0.25, 0.3) is 0 Å². The zero-order chi connectivity index (χ0) is 14.7. The normalized spacial score (nSPS) is 12.1. The highest BCUT2D eigenvalue weighted by Gasteiger charge is 2.14. The van der Waals surface area contributed by atoms with E-state index in [1.165, 1.54) is 0 Å². The van der Waals surface area contributed by atoms with Gasteiger partial charge in [0.1, 0.15) is 5.82 Å². The van der Waals surface area contributed by atoms with E-state index >= 15 is 0 Å². The molecule has 6 heteroatoms. The molecule has 0 spiro atoms. The highest BCUT2D eigenvalue weighted by Crippen LogP contribution is 2.20. The van der Waals surface area contributed by atoms with E-state index in [9.17, 15) is 13.4 Å². The molecule has 1 unspecified atom stereocenters. The Morgan fingerprint density at radius 1 is 1.25 bits per heavy atom. The minimum Gasteiger partial charge on any atom is -0.478 e. The zero-order valence-corrected chi connectivity index (χ0v) is 12.6. The number of hydrogen-bond donors (Lipinski definition) is 1. The molecule has 2 rings (SSSR count). The average Bonchev–Trinajstić information content (AvgIpc) is 2.38. The summed E-state index contributed by atoms with van der Waals surface area (Å²) in [7, 11) is -1.64. The van der Waals surface area contributed by atoms with Gasteiger partial charge in [0, 0.05) is 4.47 Å². The molecular weight excluding hydrogens is 347 g/mol. The van der Waals surface area contributed by atoms with Gasteiger partial charge in [0.2, 0.25) is 0 Å². The molecular formula is C14H10BrFO3S. The molecule has 0 aromatic heterocycles. The van der Waals surface area contributed by atoms with E-state index in [4.69, 9.17) is 5.11 Å². The summed E-state index contributed by atoms with van der Waals surface area (Å²) in [6, 6.07) is 10.5. The van der Waals surface area contributed by atoms with Crippen molar-refractivity contribution in [2.75, 3.05) is 0 Å². The van der Waals surface area contributed by atoms with Crippen LogP contribution in [0.2, 0.25) is 0 Å². The first-order valence-electron chi connectivity index (χ1n) is 5.63. The Kier molecular flexibility index (Phi) is 4.67. The van der Waals surface area contributed by atoms with Crippen LogP contribution in [-0.2, 0) is 16.6 Å². The lowest BCUT2D eigenvalue weighted by molar-refractivity contribution is 0.0696. The predicted molar refractivity (Wildman–Crippen MR) is 77.6 cm³/mol. The Balaban J connectivity index is 2.29. The van der Waals surface area contributed by atoms with Crippen LogP contribution in [0.1, 0.15) is 15.9 Å². The molecule has 3 nitrogen and oxygen atoms in total. The number of carboxylic acid groups (broad SMARTS) is 1. The maximum absolute atomic E-state index is 13.7. The summed E-state index contributed by atoms with van der Waals surface area (Å²) in [5.41, 5.74) is 0.696. The molecule has 0 aliphatic rings. The molecule has 2 aromatic carbocycles. The van der Waals surface area contributed by atoms with E-state index in [0.29, 0.717) is 0 Å². The van der Waals surface area contributed by atoms with Crippen LogP contribution in [0, 0.1) is 5.82 Å². The van der Waals surface area contributed by atoms with Crippen molar-refractivity contribution in [3.05, 3.63) is 63.9 Å². The second kappa shape index (κ2) is 6.28. The third-order valence-electron chi connectivity index (χ3n) is 2.61. The SMILES string of the molecule is O=C(O)c1ccc(F)c(S(=O)Cc2cccc(Br)c2)c1. The fraction of sp³-hybridized carbons (Fsp3) is 0.0714. The smallest absolute Gasteiger partial charge is 0.335 e. The fourth-order valence-corrected chi connectivity index (χ4v) is 3.30. The third-order valence-corrected chi connectivity index (χ3v) is 4.50. The van der Waals surface area contributed by atoms with E-state index in [0.717, 1.165) is 28.2 Å². The van der Waals surface area contributed by atoms with Gasteiger partial charge in [0.15, 0.2) is 0 Å². The molecule has 0 aliphatic heterocycles. The van der Waals surface area contributed by atoms with Gasteiger partial charge in [-0.3, -0.25) is 4.21 Å². The molecule has 0 fully saturated rings. The summed E-state index contributed by atoms with van der Waals surface area (Å²) in [6.07, 6.45) is 0. The topological polar surface area (TPSA) is 54.4 Å². The van der Waals surface area contributed by atoms with Crippen molar-refractivity contribution in [3.8, 4) is 0 Å². The van der Waals surface area contributed by atoms with Gasteiger partial charge in [-0.15, -0.1) is 0 Å². The molecule has 0 saturated carbocycles. The molecule has 0 aliphatic carbocycles. The summed E-state index contributed by atoms with van der Waals surface area (Å²) in [5, 5.41) is 8.88. The van der Waals surface area contributed by atoms with Crippen LogP contribution in [0.15, 0.2) is 51.8 Å². The van der Waals surface area contributed by atoms with Crippen LogP contribution in [0.4, 0.5) is 4.39 Å². The molecule has 0 heterocycles. The maximum atomic E-state index is 13.7. The molecule has 20 heavy (non-hydrogen) atoms. The summed E-state index contributed by atoms with van der Waals surface area (Å²) < 4.78 is 26.7. The number of carboxylic acids is 1. The summed E-state index contributed by atoms with van der Waals surface area (Å²) >= 11 is 3.30. The van der Waals surface area contributed by atoms with E-state index in [2.05, 4.69) is 15.9 Å². The molecule has 2 aromatic rings. The molecule has 0 bridgehead atoms. The van der Waals surface area contributed by atoms with Crippen LogP contribution >= 0.6 is 15.9 Å². The Bertz CT molecular complexity index is 688. The van der Waals surface area contributed by atoms with E-state index in [1.54, 1.807) is 18.2 Å². The minimum atomic E-state index is -1.64. The summed E-state index contributed by atoms with van der Waals surface area (Å²) in [6.45, 7) is 0. The largest absolute Gasteiger partial charge is 0.478 e. The van der Waals surface area contributed by atoms with Crippen LogP contribution < -0.4 is 0 Å². The second-order valence-electron chi connectivity index (χ2n) is 4.07. The Hall–Kier alpha value is -1.53. The predicted octanol–water partition coefficient (Wildman–Crippen LogP) is 3.59. The maximum Gasteiger partial charge on any atom is 0.335 e. The van der Waals surface area contributed by atoms with Crippen molar-refractivity contribution in [1.82, 2.24) is 0 Å². The average molecular weight is 357 g/mol. The number of rotatable bonds is 4. The standard InChI is InChI=1S/C14H10BrFO3S/c15-11-3-1-2-9(6-11)8-20(19)13-7-10(14(17)18)4-5-12(13)16/h1-7H,8H2,(H,17,18). The van der Waals surface area contributed by atoms with Crippen LogP contribution in [0.5, 0.6) is 0 Å². The van der Waals surface area contributed by atoms with E-state index in [-0.39, 0.29) is 16.2 Å². The van der Waals surface area contributed by atoms with Gasteiger partial charge in [-0.1, -0.05) is 28.1 Å². The summed E-state index contributed by atoms with van der Waals surface area (Å²) in [4.78, 5) is 10.8. The van der Waals surface area contributed by atoms with Crippen molar-refractivity contribution in [2.45, 2.75) is 10.6 Å². The lowest BCUT2D eigenvalue weighted by Gasteiger charge is -2.06. The van der Waals surface area contributed by atoms with Crippen molar-refractivity contribution in [3.63, 3.8) is 0 Å². The zero-order valence-electron chi connectivity index (χ0n) is 10.2. The molecule has 0 amide bonds. The van der Waals surface area contributed by atoms with Gasteiger partial charge in [0.05, 0.1) is 27.0 Å². The first-order valence-corrected chi connectivity index (χ1v) is 7.74. The number of aromatic carboxylic acids is 1. The van der Waals surface area contributed by atoms with Gasteiger partial charge in [-0.2, -0.15) is 0 Å². The van der Waals surface area contributed by atoms with Crippen LogP contribution in [0.3, 0.4) is 0 Å². The van der Waals surface area contributed by atoms with Crippen molar-refractivity contribution < 1.29 is 18.5 Å². The number of benzene rings is 2.